The average Bonchev–Trinajstić information content (AvgIpc) is 2.89. The largest absolute Gasteiger partial charge is 0.0651 e. The molecule has 0 nitrogen and oxygen atoms in total. The lowest BCUT2D eigenvalue weighted by Crippen LogP contribution is -1.93. The first-order valence-electron chi connectivity index (χ1n) is 8.16. The van der Waals surface area contributed by atoms with Crippen LogP contribution in [0, 0.1) is 0 Å². The summed E-state index contributed by atoms with van der Waals surface area (Å²) in [4.78, 5) is 0. The van der Waals surface area contributed by atoms with Crippen LogP contribution in [-0.2, 0) is 6.42 Å². The van der Waals surface area contributed by atoms with Crippen molar-refractivity contribution in [2.45, 2.75) is 26.2 Å². The van der Waals surface area contributed by atoms with Gasteiger partial charge < -0.3 is 0 Å². The van der Waals surface area contributed by atoms with Gasteiger partial charge in [-0.3, -0.25) is 0 Å². The molecule has 2 aromatic rings. The Morgan fingerprint density at radius 1 is 0.909 bits per heavy atom. The van der Waals surface area contributed by atoms with E-state index in [2.05, 4.69) is 73.7 Å². The fourth-order valence-electron chi connectivity index (χ4n) is 3.59. The lowest BCUT2D eigenvalue weighted by Gasteiger charge is -2.12. The zero-order chi connectivity index (χ0) is 14.9. The second-order valence-electron chi connectivity index (χ2n) is 6.12. The molecule has 0 aliphatic heterocycles. The van der Waals surface area contributed by atoms with E-state index in [9.17, 15) is 0 Å². The van der Waals surface area contributed by atoms with E-state index in [4.69, 9.17) is 0 Å². The highest BCUT2D eigenvalue weighted by Crippen LogP contribution is 2.40. The van der Waals surface area contributed by atoms with Gasteiger partial charge in [0.1, 0.15) is 0 Å². The third-order valence-corrected chi connectivity index (χ3v) is 4.63. The van der Waals surface area contributed by atoms with Gasteiger partial charge in [0.2, 0.25) is 0 Å². The Morgan fingerprint density at radius 3 is 2.68 bits per heavy atom. The Labute approximate surface area is 132 Å². The Bertz CT molecular complexity index is 816. The molecule has 0 amide bonds. The Balaban J connectivity index is 1.92. The fourth-order valence-corrected chi connectivity index (χ4v) is 3.59. The van der Waals surface area contributed by atoms with Crippen LogP contribution < -0.4 is 0 Å². The summed E-state index contributed by atoms with van der Waals surface area (Å²) in [5.41, 5.74) is 9.96. The van der Waals surface area contributed by atoms with E-state index in [-0.39, 0.29) is 0 Å². The van der Waals surface area contributed by atoms with Crippen LogP contribution in [0.15, 0.2) is 60.2 Å². The molecule has 0 saturated heterocycles. The summed E-state index contributed by atoms with van der Waals surface area (Å²) in [6.07, 6.45) is 14.6. The summed E-state index contributed by atoms with van der Waals surface area (Å²) in [5.74, 6) is 0. The van der Waals surface area contributed by atoms with Gasteiger partial charge >= 0.3 is 0 Å². The SMILES string of the molecule is CCCC1=C/c2c(ccc3c2Cc2ccccc2-3)/C=C/C=C\1. The monoisotopic (exact) mass is 284 g/mol. The standard InChI is InChI=1S/C22H20/c1-2-7-16-8-3-4-9-17-12-13-20-19-11-6-5-10-18(19)15-22(20)21(17)14-16/h3-6,8-14H,2,7,15H2,1H3/b4-3?,8-3-,9-4+,16-8?,16-14-,17-9?,21-14?. The molecule has 0 atom stereocenters. The van der Waals surface area contributed by atoms with Crippen LogP contribution in [0.3, 0.4) is 0 Å². The minimum Gasteiger partial charge on any atom is -0.0651 e. The van der Waals surface area contributed by atoms with E-state index in [1.807, 2.05) is 0 Å². The number of benzene rings is 2. The van der Waals surface area contributed by atoms with Gasteiger partial charge in [-0.15, -0.1) is 0 Å². The van der Waals surface area contributed by atoms with Crippen LogP contribution in [0.1, 0.15) is 42.0 Å². The quantitative estimate of drug-likeness (QED) is 0.539. The van der Waals surface area contributed by atoms with Crippen LogP contribution in [0.25, 0.3) is 23.3 Å². The molecule has 4 rings (SSSR count). The second kappa shape index (κ2) is 5.46. The molecule has 0 N–H and O–H groups in total. The predicted molar refractivity (Wildman–Crippen MR) is 95.7 cm³/mol. The van der Waals surface area contributed by atoms with E-state index in [1.165, 1.54) is 45.4 Å². The number of hydrogen-bond acceptors (Lipinski definition) is 0. The first-order valence-corrected chi connectivity index (χ1v) is 8.16. The van der Waals surface area contributed by atoms with Gasteiger partial charge in [-0.25, -0.2) is 0 Å². The summed E-state index contributed by atoms with van der Waals surface area (Å²) in [6, 6.07) is 13.4. The fraction of sp³-hybridized carbons (Fsp3) is 0.182. The summed E-state index contributed by atoms with van der Waals surface area (Å²) in [5, 5.41) is 0. The van der Waals surface area contributed by atoms with Crippen molar-refractivity contribution in [2.24, 2.45) is 0 Å². The smallest absolute Gasteiger partial charge is 0.000728 e. The number of hydrogen-bond donors (Lipinski definition) is 0. The van der Waals surface area contributed by atoms with E-state index in [0.29, 0.717) is 0 Å². The number of allylic oxidation sites excluding steroid dienone is 4. The maximum Gasteiger partial charge on any atom is -0.000728 e. The van der Waals surface area contributed by atoms with Gasteiger partial charge in [0, 0.05) is 0 Å². The molecule has 0 heterocycles. The van der Waals surface area contributed by atoms with Crippen molar-refractivity contribution < 1.29 is 0 Å². The zero-order valence-corrected chi connectivity index (χ0v) is 13.0. The highest BCUT2D eigenvalue weighted by atomic mass is 14.2. The average molecular weight is 284 g/mol. The van der Waals surface area contributed by atoms with Crippen molar-refractivity contribution in [2.75, 3.05) is 0 Å². The molecule has 108 valence electrons. The topological polar surface area (TPSA) is 0 Å². The Hall–Kier alpha value is -2.34. The third-order valence-electron chi connectivity index (χ3n) is 4.63. The molecule has 0 aromatic heterocycles. The zero-order valence-electron chi connectivity index (χ0n) is 13.0. The lowest BCUT2D eigenvalue weighted by molar-refractivity contribution is 0.931. The molecule has 0 bridgehead atoms. The highest BCUT2D eigenvalue weighted by Gasteiger charge is 2.21. The Kier molecular flexibility index (Phi) is 3.31. The molecular formula is C22H20. The lowest BCUT2D eigenvalue weighted by atomic mass is 9.92. The molecule has 0 heteroatoms. The van der Waals surface area contributed by atoms with Crippen LogP contribution in [0.4, 0.5) is 0 Å². The van der Waals surface area contributed by atoms with Gasteiger partial charge in [-0.2, -0.15) is 0 Å². The molecule has 0 unspecified atom stereocenters. The van der Waals surface area contributed by atoms with Crippen molar-refractivity contribution >= 4 is 12.2 Å². The molecule has 2 aliphatic carbocycles. The highest BCUT2D eigenvalue weighted by molar-refractivity contribution is 5.85. The van der Waals surface area contributed by atoms with E-state index in [0.717, 1.165) is 12.8 Å². The van der Waals surface area contributed by atoms with Crippen LogP contribution >= 0.6 is 0 Å². The number of rotatable bonds is 2. The van der Waals surface area contributed by atoms with Crippen LogP contribution in [-0.4, -0.2) is 0 Å². The molecule has 0 saturated carbocycles. The molecule has 2 aromatic carbocycles. The molecule has 0 radical (unpaired) electrons. The van der Waals surface area contributed by atoms with Crippen LogP contribution in [0.2, 0.25) is 0 Å². The molecule has 2 aliphatic rings. The van der Waals surface area contributed by atoms with Gasteiger partial charge in [-0.05, 0) is 51.8 Å². The van der Waals surface area contributed by atoms with Crippen LogP contribution in [0.5, 0.6) is 0 Å². The molecule has 0 spiro atoms. The molecule has 0 fully saturated rings. The van der Waals surface area contributed by atoms with Crippen molar-refractivity contribution in [1.82, 2.24) is 0 Å². The van der Waals surface area contributed by atoms with Gasteiger partial charge in [0.25, 0.3) is 0 Å². The minimum atomic E-state index is 1.06. The summed E-state index contributed by atoms with van der Waals surface area (Å²) in [6.45, 7) is 2.25. The van der Waals surface area contributed by atoms with E-state index < -0.39 is 0 Å². The summed E-state index contributed by atoms with van der Waals surface area (Å²) in [7, 11) is 0. The van der Waals surface area contributed by atoms with E-state index >= 15 is 0 Å². The predicted octanol–water partition coefficient (Wildman–Crippen LogP) is 6.02. The first kappa shape index (κ1) is 13.3. The van der Waals surface area contributed by atoms with Gasteiger partial charge in [0.05, 0.1) is 0 Å². The summed E-state index contributed by atoms with van der Waals surface area (Å²) >= 11 is 0. The van der Waals surface area contributed by atoms with E-state index in [1.54, 1.807) is 0 Å². The van der Waals surface area contributed by atoms with Crippen molar-refractivity contribution in [1.29, 1.82) is 0 Å². The maximum absolute atomic E-state index is 2.41. The second-order valence-corrected chi connectivity index (χ2v) is 6.12. The van der Waals surface area contributed by atoms with Crippen molar-refractivity contribution in [3.63, 3.8) is 0 Å². The van der Waals surface area contributed by atoms with Gasteiger partial charge in [0.15, 0.2) is 0 Å². The number of fused-ring (bicyclic) bond motifs is 5. The normalized spacial score (nSPS) is 20.0. The maximum atomic E-state index is 2.41. The summed E-state index contributed by atoms with van der Waals surface area (Å²) < 4.78 is 0. The van der Waals surface area contributed by atoms with Gasteiger partial charge in [-0.1, -0.05) is 80.1 Å². The van der Waals surface area contributed by atoms with Crippen molar-refractivity contribution in [3.05, 3.63) is 82.5 Å². The molecular weight excluding hydrogens is 264 g/mol. The molecule has 22 heavy (non-hydrogen) atoms. The first-order chi connectivity index (χ1) is 10.9. The minimum absolute atomic E-state index is 1.06. The third kappa shape index (κ3) is 2.16. The Morgan fingerprint density at radius 2 is 1.77 bits per heavy atom. The van der Waals surface area contributed by atoms with Crippen molar-refractivity contribution in [3.8, 4) is 11.1 Å².